The molecule has 3 aromatic rings. The Morgan fingerprint density at radius 3 is 2.23 bits per heavy atom. The van der Waals surface area contributed by atoms with Crippen LogP contribution >= 0.6 is 15.9 Å². The quantitative estimate of drug-likeness (QED) is 0.395. The van der Waals surface area contributed by atoms with E-state index in [1.165, 1.54) is 24.3 Å². The monoisotopic (exact) mass is 489 g/mol. The molecule has 10 heteroatoms. The number of halogens is 1. The van der Waals surface area contributed by atoms with Gasteiger partial charge in [0.15, 0.2) is 4.90 Å². The first kappa shape index (κ1) is 21.5. The molecular weight excluding hydrogens is 474 g/mol. The number of benzene rings is 3. The number of nitrogens with one attached hydrogen (secondary N) is 1. The van der Waals surface area contributed by atoms with Gasteiger partial charge in [-0.05, 0) is 46.3 Å². The van der Waals surface area contributed by atoms with Crippen molar-refractivity contribution in [3.8, 4) is 0 Å². The van der Waals surface area contributed by atoms with Crippen LogP contribution in [0.5, 0.6) is 0 Å². The molecular formula is C20H16BrN3O5S. The summed E-state index contributed by atoms with van der Waals surface area (Å²) < 4.78 is 28.2. The predicted molar refractivity (Wildman–Crippen MR) is 117 cm³/mol. The van der Waals surface area contributed by atoms with Crippen LogP contribution in [0.2, 0.25) is 0 Å². The van der Waals surface area contributed by atoms with Crippen LogP contribution in [-0.2, 0) is 14.8 Å². The molecule has 30 heavy (non-hydrogen) atoms. The van der Waals surface area contributed by atoms with E-state index < -0.39 is 38.0 Å². The highest BCUT2D eigenvalue weighted by atomic mass is 79.9. The number of para-hydroxylation sites is 3. The number of hydrogen-bond acceptors (Lipinski definition) is 5. The van der Waals surface area contributed by atoms with Crippen molar-refractivity contribution >= 4 is 48.9 Å². The molecule has 0 unspecified atom stereocenters. The molecule has 154 valence electrons. The van der Waals surface area contributed by atoms with Gasteiger partial charge < -0.3 is 5.32 Å². The predicted octanol–water partition coefficient (Wildman–Crippen LogP) is 4.19. The Morgan fingerprint density at radius 2 is 1.57 bits per heavy atom. The molecule has 3 rings (SSSR count). The third-order valence-electron chi connectivity index (χ3n) is 4.11. The second-order valence-corrected chi connectivity index (χ2v) is 8.79. The van der Waals surface area contributed by atoms with E-state index in [2.05, 4.69) is 21.2 Å². The van der Waals surface area contributed by atoms with Gasteiger partial charge in [0.2, 0.25) is 5.91 Å². The summed E-state index contributed by atoms with van der Waals surface area (Å²) in [6.45, 7) is -0.570. The van der Waals surface area contributed by atoms with Crippen LogP contribution in [0.1, 0.15) is 0 Å². The number of carbonyl (C=O) groups is 1. The molecule has 1 N–H and O–H groups in total. The van der Waals surface area contributed by atoms with E-state index in [1.807, 2.05) is 0 Å². The highest BCUT2D eigenvalue weighted by Gasteiger charge is 2.33. The average Bonchev–Trinajstić information content (AvgIpc) is 2.74. The molecule has 0 aliphatic carbocycles. The maximum absolute atomic E-state index is 13.3. The Hall–Kier alpha value is -3.24. The molecule has 0 aliphatic rings. The maximum atomic E-state index is 13.3. The zero-order chi connectivity index (χ0) is 21.7. The lowest BCUT2D eigenvalue weighted by Gasteiger charge is -2.24. The normalized spacial score (nSPS) is 11.0. The smallest absolute Gasteiger partial charge is 0.289 e. The van der Waals surface area contributed by atoms with Crippen LogP contribution in [0.15, 0.2) is 88.2 Å². The first-order chi connectivity index (χ1) is 14.3. The number of rotatable bonds is 7. The molecule has 0 spiro atoms. The molecule has 0 bridgehead atoms. The molecule has 0 aliphatic heterocycles. The zero-order valence-corrected chi connectivity index (χ0v) is 17.8. The average molecular weight is 490 g/mol. The van der Waals surface area contributed by atoms with Crippen molar-refractivity contribution in [3.05, 3.63) is 93.4 Å². The van der Waals surface area contributed by atoms with Crippen molar-refractivity contribution in [2.24, 2.45) is 0 Å². The molecule has 0 heterocycles. The summed E-state index contributed by atoms with van der Waals surface area (Å²) in [6, 6.07) is 19.9. The molecule has 0 fully saturated rings. The summed E-state index contributed by atoms with van der Waals surface area (Å²) in [5.74, 6) is -0.604. The van der Waals surface area contributed by atoms with Gasteiger partial charge in [0.25, 0.3) is 15.7 Å². The summed E-state index contributed by atoms with van der Waals surface area (Å²) in [4.78, 5) is 22.8. The number of sulfonamides is 1. The molecule has 0 radical (unpaired) electrons. The van der Waals surface area contributed by atoms with E-state index in [4.69, 9.17) is 0 Å². The van der Waals surface area contributed by atoms with E-state index >= 15 is 0 Å². The summed E-state index contributed by atoms with van der Waals surface area (Å²) in [5.41, 5.74) is 0.112. The van der Waals surface area contributed by atoms with E-state index in [0.717, 1.165) is 16.4 Å². The van der Waals surface area contributed by atoms with Crippen molar-refractivity contribution in [2.75, 3.05) is 16.2 Å². The first-order valence-electron chi connectivity index (χ1n) is 8.66. The SMILES string of the molecule is O=C(CN(c1ccccc1)S(=O)(=O)c1ccccc1[N+](=O)[O-])Nc1ccccc1Br. The summed E-state index contributed by atoms with van der Waals surface area (Å²) in [6.07, 6.45) is 0. The van der Waals surface area contributed by atoms with E-state index in [1.54, 1.807) is 42.5 Å². The van der Waals surface area contributed by atoms with Crippen molar-refractivity contribution < 1.29 is 18.1 Å². The lowest BCUT2D eigenvalue weighted by molar-refractivity contribution is -0.387. The minimum absolute atomic E-state index is 0.206. The molecule has 1 amide bonds. The van der Waals surface area contributed by atoms with Gasteiger partial charge in [-0.15, -0.1) is 0 Å². The number of amides is 1. The second-order valence-electron chi connectivity index (χ2n) is 6.10. The van der Waals surface area contributed by atoms with Gasteiger partial charge in [0.05, 0.1) is 16.3 Å². The fourth-order valence-electron chi connectivity index (χ4n) is 2.74. The number of nitrogens with zero attached hydrogens (tertiary/aromatic N) is 2. The lowest BCUT2D eigenvalue weighted by Crippen LogP contribution is -2.38. The number of carbonyl (C=O) groups excluding carboxylic acids is 1. The van der Waals surface area contributed by atoms with Crippen LogP contribution in [0.4, 0.5) is 17.1 Å². The van der Waals surface area contributed by atoms with Gasteiger partial charge in [-0.25, -0.2) is 8.42 Å². The van der Waals surface area contributed by atoms with Crippen LogP contribution in [0.3, 0.4) is 0 Å². The van der Waals surface area contributed by atoms with Crippen LogP contribution < -0.4 is 9.62 Å². The van der Waals surface area contributed by atoms with E-state index in [0.29, 0.717) is 10.2 Å². The Balaban J connectivity index is 2.01. The van der Waals surface area contributed by atoms with Crippen LogP contribution in [0.25, 0.3) is 0 Å². The van der Waals surface area contributed by atoms with Crippen LogP contribution in [-0.4, -0.2) is 25.8 Å². The minimum atomic E-state index is -4.41. The van der Waals surface area contributed by atoms with Gasteiger partial charge in [-0.3, -0.25) is 19.2 Å². The fourth-order valence-corrected chi connectivity index (χ4v) is 4.70. The molecule has 0 aromatic heterocycles. The third-order valence-corrected chi connectivity index (χ3v) is 6.62. The maximum Gasteiger partial charge on any atom is 0.289 e. The van der Waals surface area contributed by atoms with Crippen molar-refractivity contribution in [1.82, 2.24) is 0 Å². The van der Waals surface area contributed by atoms with E-state index in [-0.39, 0.29) is 5.69 Å². The van der Waals surface area contributed by atoms with Crippen molar-refractivity contribution in [3.63, 3.8) is 0 Å². The van der Waals surface area contributed by atoms with Crippen molar-refractivity contribution in [2.45, 2.75) is 4.90 Å². The zero-order valence-electron chi connectivity index (χ0n) is 15.4. The fraction of sp³-hybridized carbons (Fsp3) is 0.0500. The molecule has 3 aromatic carbocycles. The summed E-state index contributed by atoms with van der Waals surface area (Å²) >= 11 is 3.32. The molecule has 8 nitrogen and oxygen atoms in total. The highest BCUT2D eigenvalue weighted by molar-refractivity contribution is 9.10. The topological polar surface area (TPSA) is 110 Å². The Labute approximate surface area is 181 Å². The third kappa shape index (κ3) is 4.66. The number of anilines is 2. The van der Waals surface area contributed by atoms with Crippen molar-refractivity contribution in [1.29, 1.82) is 0 Å². The van der Waals surface area contributed by atoms with Gasteiger partial charge in [-0.1, -0.05) is 42.5 Å². The van der Waals surface area contributed by atoms with Gasteiger partial charge in [0.1, 0.15) is 6.54 Å². The Kier molecular flexibility index (Phi) is 6.48. The highest BCUT2D eigenvalue weighted by Crippen LogP contribution is 2.30. The standard InChI is InChI=1S/C20H16BrN3O5S/c21-16-10-4-5-11-17(16)22-20(25)14-23(15-8-2-1-3-9-15)30(28,29)19-13-7-6-12-18(19)24(26)27/h1-13H,14H2,(H,22,25). The Bertz CT molecular complexity index is 1190. The van der Waals surface area contributed by atoms with Gasteiger partial charge >= 0.3 is 0 Å². The number of hydrogen-bond donors (Lipinski definition) is 1. The molecule has 0 atom stereocenters. The van der Waals surface area contributed by atoms with Gasteiger partial charge in [0, 0.05) is 10.5 Å². The minimum Gasteiger partial charge on any atom is -0.323 e. The van der Waals surface area contributed by atoms with E-state index in [9.17, 15) is 23.3 Å². The second kappa shape index (κ2) is 9.06. The Morgan fingerprint density at radius 1 is 0.967 bits per heavy atom. The first-order valence-corrected chi connectivity index (χ1v) is 10.9. The summed E-state index contributed by atoms with van der Waals surface area (Å²) in [7, 11) is -4.41. The molecule has 0 saturated heterocycles. The largest absolute Gasteiger partial charge is 0.323 e. The van der Waals surface area contributed by atoms with Crippen LogP contribution in [0, 0.1) is 10.1 Å². The lowest BCUT2D eigenvalue weighted by atomic mass is 10.3. The van der Waals surface area contributed by atoms with Gasteiger partial charge in [-0.2, -0.15) is 0 Å². The number of nitro benzene ring substituents is 1. The number of nitro groups is 1. The summed E-state index contributed by atoms with van der Waals surface area (Å²) in [5, 5.41) is 14.0. The molecule has 0 saturated carbocycles.